The summed E-state index contributed by atoms with van der Waals surface area (Å²) in [5.74, 6) is 0.555. The third-order valence-electron chi connectivity index (χ3n) is 3.74. The molecule has 0 radical (unpaired) electrons. The Morgan fingerprint density at radius 2 is 1.55 bits per heavy atom. The van der Waals surface area contributed by atoms with Gasteiger partial charge in [0.05, 0.1) is 13.3 Å². The van der Waals surface area contributed by atoms with Crippen LogP contribution in [0.25, 0.3) is 0 Å². The van der Waals surface area contributed by atoms with Crippen molar-refractivity contribution in [3.05, 3.63) is 90.0 Å². The number of ether oxygens (including phenoxy) is 3. The fourth-order valence-electron chi connectivity index (χ4n) is 2.36. The normalized spacial score (nSPS) is 10.4. The number of hydrogen-bond acceptors (Lipinski definition) is 6. The number of methoxy groups -OCH3 is 1. The van der Waals surface area contributed by atoms with Crippen LogP contribution in [0.3, 0.4) is 0 Å². The van der Waals surface area contributed by atoms with E-state index in [1.54, 1.807) is 66.7 Å². The Bertz CT molecular complexity index is 1000. The molecule has 146 valence electrons. The van der Waals surface area contributed by atoms with Crippen LogP contribution in [0.15, 0.2) is 84.0 Å². The van der Waals surface area contributed by atoms with E-state index in [9.17, 15) is 9.59 Å². The molecule has 1 amide bonds. The van der Waals surface area contributed by atoms with Crippen molar-refractivity contribution < 1.29 is 23.8 Å². The maximum atomic E-state index is 12.0. The maximum Gasteiger partial charge on any atom is 0.519 e. The summed E-state index contributed by atoms with van der Waals surface area (Å²) < 4.78 is 15.5. The van der Waals surface area contributed by atoms with Gasteiger partial charge in [-0.15, -0.1) is 0 Å². The first kappa shape index (κ1) is 19.6. The first-order valence-electron chi connectivity index (χ1n) is 8.67. The van der Waals surface area contributed by atoms with E-state index in [-0.39, 0.29) is 11.7 Å². The zero-order valence-electron chi connectivity index (χ0n) is 15.6. The number of carbonyl (C=O) groups is 2. The van der Waals surface area contributed by atoms with Gasteiger partial charge in [0.25, 0.3) is 5.91 Å². The van der Waals surface area contributed by atoms with Crippen molar-refractivity contribution in [3.63, 3.8) is 0 Å². The number of nitrogens with one attached hydrogen (secondary N) is 1. The van der Waals surface area contributed by atoms with E-state index < -0.39 is 6.16 Å². The zero-order chi connectivity index (χ0) is 20.5. The Labute approximate surface area is 167 Å². The molecular formula is C22H18N2O5. The van der Waals surface area contributed by atoms with Crippen LogP contribution in [-0.2, 0) is 0 Å². The Morgan fingerprint density at radius 1 is 0.862 bits per heavy atom. The van der Waals surface area contributed by atoms with E-state index >= 15 is 0 Å². The molecule has 0 aliphatic rings. The van der Waals surface area contributed by atoms with Crippen LogP contribution in [0, 0.1) is 0 Å². The van der Waals surface area contributed by atoms with Crippen LogP contribution in [0.4, 0.5) is 4.79 Å². The van der Waals surface area contributed by atoms with Crippen LogP contribution in [0.2, 0.25) is 0 Å². The van der Waals surface area contributed by atoms with Crippen molar-refractivity contribution in [3.8, 4) is 17.2 Å². The number of hydrazone groups is 1. The molecule has 0 aromatic heterocycles. The fourth-order valence-corrected chi connectivity index (χ4v) is 2.36. The molecule has 0 saturated carbocycles. The van der Waals surface area contributed by atoms with Gasteiger partial charge in [-0.25, -0.2) is 10.2 Å². The SMILES string of the molecule is COc1cc(/C=N\NC(=O)c2ccccc2)ccc1OC(=O)Oc1ccccc1. The van der Waals surface area contributed by atoms with Gasteiger partial charge in [0.15, 0.2) is 11.5 Å². The third kappa shape index (κ3) is 5.67. The molecule has 0 fully saturated rings. The van der Waals surface area contributed by atoms with E-state index in [0.717, 1.165) is 0 Å². The second-order valence-electron chi connectivity index (χ2n) is 5.74. The summed E-state index contributed by atoms with van der Waals surface area (Å²) >= 11 is 0. The molecule has 29 heavy (non-hydrogen) atoms. The van der Waals surface area contributed by atoms with E-state index in [1.165, 1.54) is 13.3 Å². The predicted octanol–water partition coefficient (Wildman–Crippen LogP) is 4.04. The molecule has 0 saturated heterocycles. The van der Waals surface area contributed by atoms with Crippen LogP contribution in [0.1, 0.15) is 15.9 Å². The molecular weight excluding hydrogens is 372 g/mol. The first-order chi connectivity index (χ1) is 14.2. The van der Waals surface area contributed by atoms with E-state index in [4.69, 9.17) is 14.2 Å². The molecule has 3 aromatic carbocycles. The predicted molar refractivity (Wildman–Crippen MR) is 108 cm³/mol. The Morgan fingerprint density at radius 3 is 2.24 bits per heavy atom. The third-order valence-corrected chi connectivity index (χ3v) is 3.74. The number of hydrogen-bond donors (Lipinski definition) is 1. The monoisotopic (exact) mass is 390 g/mol. The lowest BCUT2D eigenvalue weighted by molar-refractivity contribution is 0.0955. The number of carbonyl (C=O) groups excluding carboxylic acids is 2. The lowest BCUT2D eigenvalue weighted by Gasteiger charge is -2.10. The van der Waals surface area contributed by atoms with Crippen molar-refractivity contribution >= 4 is 18.3 Å². The number of rotatable bonds is 6. The molecule has 0 spiro atoms. The van der Waals surface area contributed by atoms with Gasteiger partial charge in [-0.3, -0.25) is 4.79 Å². The minimum atomic E-state index is -0.883. The molecule has 0 atom stereocenters. The highest BCUT2D eigenvalue weighted by molar-refractivity contribution is 5.94. The van der Waals surface area contributed by atoms with E-state index in [0.29, 0.717) is 22.6 Å². The summed E-state index contributed by atoms with van der Waals surface area (Å²) in [5, 5.41) is 3.93. The molecule has 0 aliphatic carbocycles. The second-order valence-corrected chi connectivity index (χ2v) is 5.74. The average molecular weight is 390 g/mol. The topological polar surface area (TPSA) is 86.2 Å². The first-order valence-corrected chi connectivity index (χ1v) is 8.67. The van der Waals surface area contributed by atoms with Crippen molar-refractivity contribution in [2.24, 2.45) is 5.10 Å². The largest absolute Gasteiger partial charge is 0.519 e. The second kappa shape index (κ2) is 9.70. The highest BCUT2D eigenvalue weighted by atomic mass is 16.7. The van der Waals surface area contributed by atoms with Crippen LogP contribution < -0.4 is 19.6 Å². The van der Waals surface area contributed by atoms with Gasteiger partial charge in [-0.1, -0.05) is 36.4 Å². The summed E-state index contributed by atoms with van der Waals surface area (Å²) in [6, 6.07) is 22.1. The number of para-hydroxylation sites is 1. The minimum Gasteiger partial charge on any atom is -0.493 e. The maximum absolute atomic E-state index is 12.0. The Kier molecular flexibility index (Phi) is 6.57. The molecule has 3 rings (SSSR count). The number of amides is 1. The van der Waals surface area contributed by atoms with Gasteiger partial charge >= 0.3 is 6.16 Å². The van der Waals surface area contributed by atoms with E-state index in [2.05, 4.69) is 10.5 Å². The van der Waals surface area contributed by atoms with Crippen LogP contribution in [0.5, 0.6) is 17.2 Å². The Balaban J connectivity index is 1.62. The molecule has 1 N–H and O–H groups in total. The molecule has 3 aromatic rings. The molecule has 7 heteroatoms. The van der Waals surface area contributed by atoms with Gasteiger partial charge in [0.1, 0.15) is 5.75 Å². The van der Waals surface area contributed by atoms with E-state index in [1.807, 2.05) is 12.1 Å². The summed E-state index contributed by atoms with van der Waals surface area (Å²) in [7, 11) is 1.45. The van der Waals surface area contributed by atoms with Crippen molar-refractivity contribution in [1.82, 2.24) is 5.43 Å². The van der Waals surface area contributed by atoms with Crippen LogP contribution >= 0.6 is 0 Å². The molecule has 0 bridgehead atoms. The molecule has 0 heterocycles. The highest BCUT2D eigenvalue weighted by Crippen LogP contribution is 2.28. The molecule has 0 aliphatic heterocycles. The van der Waals surface area contributed by atoms with Crippen LogP contribution in [-0.4, -0.2) is 25.4 Å². The quantitative estimate of drug-likeness (QED) is 0.297. The summed E-state index contributed by atoms with van der Waals surface area (Å²) in [4.78, 5) is 23.9. The van der Waals surface area contributed by atoms with Crippen molar-refractivity contribution in [2.75, 3.05) is 7.11 Å². The highest BCUT2D eigenvalue weighted by Gasteiger charge is 2.12. The smallest absolute Gasteiger partial charge is 0.493 e. The summed E-state index contributed by atoms with van der Waals surface area (Å²) in [6.07, 6.45) is 0.571. The Hall–Kier alpha value is -4.13. The number of nitrogens with zero attached hydrogens (tertiary/aromatic N) is 1. The van der Waals surface area contributed by atoms with Gasteiger partial charge in [-0.2, -0.15) is 5.10 Å². The lowest BCUT2D eigenvalue weighted by Crippen LogP contribution is -2.17. The van der Waals surface area contributed by atoms with Crippen molar-refractivity contribution in [1.29, 1.82) is 0 Å². The fraction of sp³-hybridized carbons (Fsp3) is 0.0455. The summed E-state index contributed by atoms with van der Waals surface area (Å²) in [5.41, 5.74) is 3.58. The van der Waals surface area contributed by atoms with Gasteiger partial charge in [0, 0.05) is 5.56 Å². The summed E-state index contributed by atoms with van der Waals surface area (Å²) in [6.45, 7) is 0. The van der Waals surface area contributed by atoms with Gasteiger partial charge in [0.2, 0.25) is 0 Å². The van der Waals surface area contributed by atoms with Gasteiger partial charge in [-0.05, 0) is 48.0 Å². The number of benzene rings is 3. The average Bonchev–Trinajstić information content (AvgIpc) is 2.76. The standard InChI is InChI=1S/C22H18N2O5/c1-27-20-14-16(15-23-24-21(25)17-8-4-2-5-9-17)12-13-19(20)29-22(26)28-18-10-6-3-7-11-18/h2-15H,1H3,(H,24,25)/b23-15-. The van der Waals surface area contributed by atoms with Crippen molar-refractivity contribution in [2.45, 2.75) is 0 Å². The van der Waals surface area contributed by atoms with Gasteiger partial charge < -0.3 is 14.2 Å². The molecule has 7 nitrogen and oxygen atoms in total. The minimum absolute atomic E-state index is 0.193. The zero-order valence-corrected chi connectivity index (χ0v) is 15.6. The molecule has 0 unspecified atom stereocenters. The lowest BCUT2D eigenvalue weighted by atomic mass is 10.2.